The van der Waals surface area contributed by atoms with Gasteiger partial charge in [-0.3, -0.25) is 0 Å². The van der Waals surface area contributed by atoms with E-state index < -0.39 is 29.3 Å². The third kappa shape index (κ3) is 4.33. The molecule has 2 aromatic carbocycles. The van der Waals surface area contributed by atoms with Crippen molar-refractivity contribution in [3.8, 4) is 11.1 Å². The van der Waals surface area contributed by atoms with Crippen LogP contribution in [0.4, 0.5) is 4.79 Å². The van der Waals surface area contributed by atoms with Crippen LogP contribution in [0.25, 0.3) is 11.1 Å². The summed E-state index contributed by atoms with van der Waals surface area (Å²) >= 11 is 0. The number of amides is 1. The van der Waals surface area contributed by atoms with E-state index in [0.29, 0.717) is 0 Å². The minimum absolute atomic E-state index is 0.0949. The van der Waals surface area contributed by atoms with Gasteiger partial charge in [0.15, 0.2) is 5.54 Å². The number of carbonyl (C=O) groups is 2. The van der Waals surface area contributed by atoms with Crippen molar-refractivity contribution in [1.29, 1.82) is 0 Å². The van der Waals surface area contributed by atoms with Gasteiger partial charge in [0.25, 0.3) is 0 Å². The van der Waals surface area contributed by atoms with Gasteiger partial charge < -0.3 is 19.9 Å². The summed E-state index contributed by atoms with van der Waals surface area (Å²) in [6.45, 7) is 8.66. The van der Waals surface area contributed by atoms with E-state index in [2.05, 4.69) is 17.4 Å². The van der Waals surface area contributed by atoms with E-state index in [1.54, 1.807) is 6.92 Å². The smallest absolute Gasteiger partial charge is 0.408 e. The van der Waals surface area contributed by atoms with Crippen LogP contribution in [0.5, 0.6) is 0 Å². The van der Waals surface area contributed by atoms with Crippen LogP contribution in [0.3, 0.4) is 0 Å². The highest BCUT2D eigenvalue weighted by Gasteiger charge is 2.43. The van der Waals surface area contributed by atoms with Gasteiger partial charge in [-0.1, -0.05) is 48.5 Å². The first-order valence-electron chi connectivity index (χ1n) is 10.1. The number of fused-ring (bicyclic) bond motifs is 3. The third-order valence-corrected chi connectivity index (χ3v) is 5.49. The molecule has 0 aliphatic heterocycles. The molecule has 6 nitrogen and oxygen atoms in total. The fraction of sp³-hybridized carbons (Fsp3) is 0.417. The van der Waals surface area contributed by atoms with Gasteiger partial charge >= 0.3 is 12.1 Å². The first kappa shape index (κ1) is 21.8. The summed E-state index contributed by atoms with van der Waals surface area (Å²) in [5, 5.41) is 12.2. The number of rotatable bonds is 6. The van der Waals surface area contributed by atoms with Crippen LogP contribution in [0.1, 0.15) is 51.7 Å². The van der Waals surface area contributed by atoms with Gasteiger partial charge in [0.1, 0.15) is 6.61 Å². The van der Waals surface area contributed by atoms with Crippen molar-refractivity contribution in [1.82, 2.24) is 5.32 Å². The van der Waals surface area contributed by atoms with E-state index in [0.717, 1.165) is 22.3 Å². The second-order valence-electron chi connectivity index (χ2n) is 8.83. The lowest BCUT2D eigenvalue weighted by atomic mass is 9.95. The van der Waals surface area contributed by atoms with Crippen molar-refractivity contribution in [2.75, 3.05) is 6.61 Å². The van der Waals surface area contributed by atoms with E-state index in [-0.39, 0.29) is 12.5 Å². The standard InChI is InChI=1S/C24H29NO5/c1-15(30-23(2,3)4)24(5,21(26)27)25-22(28)29-14-20-18-12-8-6-10-16(18)17-11-7-9-13-19(17)20/h6-13,15,20H,14H2,1-5H3,(H,25,28)(H,26,27)/t15-,24?/m0/s1. The lowest BCUT2D eigenvalue weighted by molar-refractivity contribution is -0.156. The van der Waals surface area contributed by atoms with Crippen LogP contribution >= 0.6 is 0 Å². The van der Waals surface area contributed by atoms with Gasteiger partial charge in [0.05, 0.1) is 11.7 Å². The van der Waals surface area contributed by atoms with Crippen molar-refractivity contribution >= 4 is 12.1 Å². The molecule has 0 aromatic heterocycles. The molecule has 1 aliphatic carbocycles. The van der Waals surface area contributed by atoms with Gasteiger partial charge in [-0.2, -0.15) is 0 Å². The second kappa shape index (κ2) is 8.11. The van der Waals surface area contributed by atoms with Crippen molar-refractivity contribution in [2.45, 2.75) is 57.8 Å². The minimum Gasteiger partial charge on any atom is -0.479 e. The van der Waals surface area contributed by atoms with Crippen LogP contribution in [-0.4, -0.2) is 41.0 Å². The molecule has 2 aromatic rings. The maximum Gasteiger partial charge on any atom is 0.408 e. The molecular weight excluding hydrogens is 382 g/mol. The Hall–Kier alpha value is -2.86. The molecule has 1 aliphatic rings. The number of carboxylic acids is 1. The summed E-state index contributed by atoms with van der Waals surface area (Å²) < 4.78 is 11.3. The third-order valence-electron chi connectivity index (χ3n) is 5.49. The summed E-state index contributed by atoms with van der Waals surface area (Å²) in [6, 6.07) is 16.1. The maximum atomic E-state index is 12.6. The second-order valence-corrected chi connectivity index (χ2v) is 8.83. The number of aliphatic carboxylic acids is 1. The average Bonchev–Trinajstić information content (AvgIpc) is 2.98. The summed E-state index contributed by atoms with van der Waals surface area (Å²) in [4.78, 5) is 24.5. The zero-order valence-corrected chi connectivity index (χ0v) is 18.1. The number of nitrogens with one attached hydrogen (secondary N) is 1. The average molecular weight is 411 g/mol. The molecule has 0 spiro atoms. The maximum absolute atomic E-state index is 12.6. The molecule has 0 bridgehead atoms. The molecule has 30 heavy (non-hydrogen) atoms. The topological polar surface area (TPSA) is 84.9 Å². The van der Waals surface area contributed by atoms with Gasteiger partial charge in [0, 0.05) is 5.92 Å². The normalized spacial score (nSPS) is 16.2. The number of hydrogen-bond donors (Lipinski definition) is 2. The minimum atomic E-state index is -1.63. The van der Waals surface area contributed by atoms with Gasteiger partial charge in [-0.25, -0.2) is 9.59 Å². The molecule has 1 unspecified atom stereocenters. The molecule has 0 saturated heterocycles. The lowest BCUT2D eigenvalue weighted by Crippen LogP contribution is -2.61. The zero-order chi connectivity index (χ0) is 22.1. The summed E-state index contributed by atoms with van der Waals surface area (Å²) in [7, 11) is 0. The predicted octanol–water partition coefficient (Wildman–Crippen LogP) is 4.57. The van der Waals surface area contributed by atoms with E-state index in [4.69, 9.17) is 9.47 Å². The fourth-order valence-electron chi connectivity index (χ4n) is 3.82. The van der Waals surface area contributed by atoms with Crippen LogP contribution < -0.4 is 5.32 Å². The summed E-state index contributed by atoms with van der Waals surface area (Å²) in [5.41, 5.74) is 2.26. The zero-order valence-electron chi connectivity index (χ0n) is 18.1. The van der Waals surface area contributed by atoms with E-state index >= 15 is 0 Å². The molecular formula is C24H29NO5. The van der Waals surface area contributed by atoms with E-state index in [1.165, 1.54) is 6.92 Å². The van der Waals surface area contributed by atoms with Crippen molar-refractivity contribution in [3.63, 3.8) is 0 Å². The van der Waals surface area contributed by atoms with E-state index in [1.807, 2.05) is 57.2 Å². The Kier molecular flexibility index (Phi) is 5.90. The van der Waals surface area contributed by atoms with Crippen molar-refractivity contribution in [3.05, 3.63) is 59.7 Å². The molecule has 0 fully saturated rings. The molecule has 2 N–H and O–H groups in total. The van der Waals surface area contributed by atoms with E-state index in [9.17, 15) is 14.7 Å². The molecule has 1 amide bonds. The lowest BCUT2D eigenvalue weighted by Gasteiger charge is -2.36. The summed E-state index contributed by atoms with van der Waals surface area (Å²) in [5.74, 6) is -1.28. The molecule has 3 rings (SSSR count). The number of hydrogen-bond acceptors (Lipinski definition) is 4. The Morgan fingerprint density at radius 3 is 1.97 bits per heavy atom. The number of ether oxygens (including phenoxy) is 2. The first-order valence-corrected chi connectivity index (χ1v) is 10.1. The number of benzene rings is 2. The highest BCUT2D eigenvalue weighted by Crippen LogP contribution is 2.44. The Morgan fingerprint density at radius 2 is 1.50 bits per heavy atom. The number of carboxylic acid groups (broad SMARTS) is 1. The monoisotopic (exact) mass is 411 g/mol. The van der Waals surface area contributed by atoms with Crippen LogP contribution in [0.2, 0.25) is 0 Å². The van der Waals surface area contributed by atoms with Crippen molar-refractivity contribution < 1.29 is 24.2 Å². The quantitative estimate of drug-likeness (QED) is 0.727. The highest BCUT2D eigenvalue weighted by atomic mass is 16.6. The Morgan fingerprint density at radius 1 is 1.00 bits per heavy atom. The van der Waals surface area contributed by atoms with Crippen LogP contribution in [-0.2, 0) is 14.3 Å². The molecule has 160 valence electrons. The van der Waals surface area contributed by atoms with Gasteiger partial charge in [-0.05, 0) is 56.9 Å². The van der Waals surface area contributed by atoms with Gasteiger partial charge in [-0.15, -0.1) is 0 Å². The number of alkyl carbamates (subject to hydrolysis) is 1. The van der Waals surface area contributed by atoms with Crippen LogP contribution in [0, 0.1) is 0 Å². The number of carbonyl (C=O) groups excluding carboxylic acids is 1. The molecule has 0 heterocycles. The Labute approximate surface area is 177 Å². The van der Waals surface area contributed by atoms with Crippen molar-refractivity contribution in [2.24, 2.45) is 0 Å². The van der Waals surface area contributed by atoms with Crippen LogP contribution in [0.15, 0.2) is 48.5 Å². The molecule has 0 saturated carbocycles. The molecule has 2 atom stereocenters. The highest BCUT2D eigenvalue weighted by molar-refractivity contribution is 5.85. The predicted molar refractivity (Wildman–Crippen MR) is 115 cm³/mol. The molecule has 6 heteroatoms. The SMILES string of the molecule is C[C@H](OC(C)(C)C)C(C)(NC(=O)OCC1c2ccccc2-c2ccccc21)C(=O)O. The molecule has 0 radical (unpaired) electrons. The largest absolute Gasteiger partial charge is 0.479 e. The first-order chi connectivity index (χ1) is 14.0. The fourth-order valence-corrected chi connectivity index (χ4v) is 3.82. The summed E-state index contributed by atoms with van der Waals surface area (Å²) in [6.07, 6.45) is -1.55. The Balaban J connectivity index is 1.73. The Bertz CT molecular complexity index is 903. The van der Waals surface area contributed by atoms with Gasteiger partial charge in [0.2, 0.25) is 0 Å².